The molecule has 2 fully saturated rings. The van der Waals surface area contributed by atoms with E-state index in [4.69, 9.17) is 14.2 Å². The minimum atomic E-state index is -0.241. The summed E-state index contributed by atoms with van der Waals surface area (Å²) < 4.78 is 31.2. The Morgan fingerprint density at radius 2 is 2.12 bits per heavy atom. The Bertz CT molecular complexity index is 1150. The Hall–Kier alpha value is -3.01. The van der Waals surface area contributed by atoms with Crippen LogP contribution in [0.3, 0.4) is 0 Å². The first kappa shape index (κ1) is 22.8. The van der Waals surface area contributed by atoms with Crippen LogP contribution in [-0.4, -0.2) is 73.5 Å². The molecule has 180 valence electrons. The predicted molar refractivity (Wildman–Crippen MR) is 129 cm³/mol. The van der Waals surface area contributed by atoms with E-state index in [1.54, 1.807) is 26.2 Å². The number of benzene rings is 2. The van der Waals surface area contributed by atoms with Crippen LogP contribution in [0.4, 0.5) is 15.9 Å². The van der Waals surface area contributed by atoms with Crippen molar-refractivity contribution in [1.29, 1.82) is 0 Å². The van der Waals surface area contributed by atoms with E-state index in [2.05, 4.69) is 25.5 Å². The van der Waals surface area contributed by atoms with E-state index in [-0.39, 0.29) is 5.82 Å². The molecule has 9 heteroatoms. The Kier molecular flexibility index (Phi) is 6.75. The Morgan fingerprint density at radius 3 is 2.94 bits per heavy atom. The molecule has 5 rings (SSSR count). The lowest BCUT2D eigenvalue weighted by Crippen LogP contribution is -2.47. The summed E-state index contributed by atoms with van der Waals surface area (Å²) in [6.45, 7) is 6.95. The minimum absolute atomic E-state index is 0.241. The first-order valence-corrected chi connectivity index (χ1v) is 11.7. The number of hydrogen-bond donors (Lipinski definition) is 2. The van der Waals surface area contributed by atoms with E-state index in [1.807, 2.05) is 12.1 Å². The van der Waals surface area contributed by atoms with Gasteiger partial charge in [0.1, 0.15) is 18.0 Å². The highest BCUT2D eigenvalue weighted by Crippen LogP contribution is 2.35. The van der Waals surface area contributed by atoms with Gasteiger partial charge >= 0.3 is 0 Å². The fraction of sp³-hybridized carbons (Fsp3) is 0.440. The van der Waals surface area contributed by atoms with Crippen molar-refractivity contribution in [3.8, 4) is 11.5 Å². The van der Waals surface area contributed by atoms with Crippen molar-refractivity contribution in [1.82, 2.24) is 20.2 Å². The van der Waals surface area contributed by atoms with Crippen LogP contribution in [-0.2, 0) is 4.74 Å². The molecule has 0 spiro atoms. The molecule has 34 heavy (non-hydrogen) atoms. The molecule has 2 aliphatic heterocycles. The van der Waals surface area contributed by atoms with Crippen molar-refractivity contribution < 1.29 is 18.6 Å². The molecule has 2 N–H and O–H groups in total. The molecule has 1 aromatic heterocycles. The van der Waals surface area contributed by atoms with E-state index < -0.39 is 0 Å². The zero-order valence-electron chi connectivity index (χ0n) is 19.5. The number of morpholine rings is 1. The highest BCUT2D eigenvalue weighted by atomic mass is 19.1. The molecule has 0 radical (unpaired) electrons. The van der Waals surface area contributed by atoms with Gasteiger partial charge in [0.2, 0.25) is 0 Å². The quantitative estimate of drug-likeness (QED) is 0.489. The topological polar surface area (TPSA) is 80.8 Å². The molecule has 0 saturated carbocycles. The van der Waals surface area contributed by atoms with Gasteiger partial charge in [-0.25, -0.2) is 14.4 Å². The van der Waals surface area contributed by atoms with Crippen molar-refractivity contribution in [2.24, 2.45) is 0 Å². The molecule has 8 nitrogen and oxygen atoms in total. The normalized spacial score (nSPS) is 20.3. The molecule has 2 unspecified atom stereocenters. The fourth-order valence-corrected chi connectivity index (χ4v) is 4.62. The lowest BCUT2D eigenvalue weighted by atomic mass is 10.2. The third-order valence-corrected chi connectivity index (χ3v) is 6.40. The van der Waals surface area contributed by atoms with Gasteiger partial charge in [-0.05, 0) is 43.2 Å². The number of methoxy groups -OCH3 is 1. The Labute approximate surface area is 198 Å². The van der Waals surface area contributed by atoms with Crippen molar-refractivity contribution in [2.45, 2.75) is 25.5 Å². The summed E-state index contributed by atoms with van der Waals surface area (Å²) in [6, 6.07) is 9.06. The maximum Gasteiger partial charge on any atom is 0.162 e. The highest BCUT2D eigenvalue weighted by molar-refractivity contribution is 5.93. The molecule has 0 aliphatic carbocycles. The van der Waals surface area contributed by atoms with Crippen LogP contribution in [0.25, 0.3) is 10.9 Å². The van der Waals surface area contributed by atoms with Crippen LogP contribution >= 0.6 is 0 Å². The van der Waals surface area contributed by atoms with Crippen molar-refractivity contribution in [3.05, 3.63) is 48.0 Å². The first-order valence-electron chi connectivity index (χ1n) is 11.7. The van der Waals surface area contributed by atoms with Crippen LogP contribution in [0.1, 0.15) is 12.0 Å². The van der Waals surface area contributed by atoms with E-state index in [0.717, 1.165) is 55.8 Å². The van der Waals surface area contributed by atoms with Gasteiger partial charge in [-0.15, -0.1) is 0 Å². The third-order valence-electron chi connectivity index (χ3n) is 6.40. The number of aromatic nitrogens is 2. The molecule has 2 saturated heterocycles. The van der Waals surface area contributed by atoms with Crippen LogP contribution < -0.4 is 20.1 Å². The molecule has 2 atom stereocenters. The largest absolute Gasteiger partial charge is 0.493 e. The zero-order valence-corrected chi connectivity index (χ0v) is 19.5. The van der Waals surface area contributed by atoms with E-state index >= 15 is 0 Å². The molecular formula is C25H30FN5O3. The van der Waals surface area contributed by atoms with Crippen LogP contribution in [0.2, 0.25) is 0 Å². The second-order valence-corrected chi connectivity index (χ2v) is 8.76. The average Bonchev–Trinajstić information content (AvgIpc) is 3.27. The van der Waals surface area contributed by atoms with Crippen LogP contribution in [0.5, 0.6) is 11.5 Å². The number of rotatable bonds is 8. The smallest absolute Gasteiger partial charge is 0.162 e. The van der Waals surface area contributed by atoms with Gasteiger partial charge in [-0.2, -0.15) is 0 Å². The van der Waals surface area contributed by atoms with Crippen molar-refractivity contribution in [3.63, 3.8) is 0 Å². The van der Waals surface area contributed by atoms with Gasteiger partial charge in [0.15, 0.2) is 11.5 Å². The van der Waals surface area contributed by atoms with Gasteiger partial charge in [0.05, 0.1) is 31.9 Å². The summed E-state index contributed by atoms with van der Waals surface area (Å²) in [6.07, 6.45) is 2.69. The number of ether oxygens (including phenoxy) is 3. The van der Waals surface area contributed by atoms with Crippen molar-refractivity contribution >= 4 is 22.4 Å². The number of likely N-dealkylation sites (tertiary alicyclic amines) is 1. The molecule has 3 aromatic rings. The summed E-state index contributed by atoms with van der Waals surface area (Å²) in [5, 5.41) is 7.60. The lowest BCUT2D eigenvalue weighted by molar-refractivity contribution is 0.0176. The number of anilines is 2. The highest BCUT2D eigenvalue weighted by Gasteiger charge is 2.34. The fourth-order valence-electron chi connectivity index (χ4n) is 4.62. The Morgan fingerprint density at radius 1 is 1.21 bits per heavy atom. The molecule has 0 amide bonds. The Balaban J connectivity index is 1.27. The summed E-state index contributed by atoms with van der Waals surface area (Å²) in [5.74, 6) is 1.65. The SMILES string of the molecule is COc1cc2ncnc(Nc3ccc(F)c(C)c3)c2cc1OCCCN1CC2NCCOC2C1. The van der Waals surface area contributed by atoms with E-state index in [1.165, 1.54) is 12.4 Å². The van der Waals surface area contributed by atoms with Gasteiger partial charge in [-0.3, -0.25) is 4.90 Å². The summed E-state index contributed by atoms with van der Waals surface area (Å²) in [7, 11) is 1.62. The molecule has 2 aromatic carbocycles. The predicted octanol–water partition coefficient (Wildman–Crippen LogP) is 3.27. The molecule has 2 aliphatic rings. The second-order valence-electron chi connectivity index (χ2n) is 8.76. The molecular weight excluding hydrogens is 437 g/mol. The number of nitrogens with one attached hydrogen (secondary N) is 2. The lowest BCUT2D eigenvalue weighted by Gasteiger charge is -2.25. The summed E-state index contributed by atoms with van der Waals surface area (Å²) >= 11 is 0. The van der Waals surface area contributed by atoms with Crippen LogP contribution in [0, 0.1) is 12.7 Å². The minimum Gasteiger partial charge on any atom is -0.493 e. The van der Waals surface area contributed by atoms with Gasteiger partial charge in [0.25, 0.3) is 0 Å². The van der Waals surface area contributed by atoms with Crippen molar-refractivity contribution in [2.75, 3.05) is 51.8 Å². The van der Waals surface area contributed by atoms with Crippen LogP contribution in [0.15, 0.2) is 36.7 Å². The number of nitrogens with zero attached hydrogens (tertiary/aromatic N) is 3. The third kappa shape index (κ3) is 4.91. The maximum absolute atomic E-state index is 13.7. The number of fused-ring (bicyclic) bond motifs is 2. The molecule has 0 bridgehead atoms. The average molecular weight is 468 g/mol. The first-order chi connectivity index (χ1) is 16.6. The summed E-state index contributed by atoms with van der Waals surface area (Å²) in [5.41, 5.74) is 2.04. The van der Waals surface area contributed by atoms with E-state index in [0.29, 0.717) is 41.6 Å². The maximum atomic E-state index is 13.7. The number of aryl methyl sites for hydroxylation is 1. The monoisotopic (exact) mass is 467 g/mol. The number of hydrogen-bond acceptors (Lipinski definition) is 8. The van der Waals surface area contributed by atoms with E-state index in [9.17, 15) is 4.39 Å². The second kappa shape index (κ2) is 10.1. The summed E-state index contributed by atoms with van der Waals surface area (Å²) in [4.78, 5) is 11.2. The number of halogens is 1. The standard InChI is InChI=1S/C25H30FN5O3/c1-16-10-17(4-5-19(16)26)30-25-18-11-23(22(32-2)12-20(18)28-15-29-25)33-8-3-7-31-13-21-24(14-31)34-9-6-27-21/h4-5,10-12,15,21,24,27H,3,6-9,13-14H2,1-2H3,(H,28,29,30). The van der Waals surface area contributed by atoms with Gasteiger partial charge < -0.3 is 24.8 Å². The van der Waals surface area contributed by atoms with Gasteiger partial charge in [-0.1, -0.05) is 0 Å². The van der Waals surface area contributed by atoms with Gasteiger partial charge in [0, 0.05) is 49.4 Å². The molecule has 3 heterocycles. The zero-order chi connectivity index (χ0) is 23.5.